The minimum Gasteiger partial charge on any atom is -0.456 e. The van der Waals surface area contributed by atoms with Gasteiger partial charge in [-0.1, -0.05) is 152 Å². The van der Waals surface area contributed by atoms with Crippen LogP contribution >= 0.6 is 0 Å². The number of hydrogen-bond acceptors (Lipinski definition) is 2. The summed E-state index contributed by atoms with van der Waals surface area (Å²) in [6, 6.07) is 72.5. The first-order chi connectivity index (χ1) is 30.2. The molecule has 0 aliphatic rings. The normalized spacial score (nSPS) is 12.0. The first-order valence-electron chi connectivity index (χ1n) is 21.0. The maximum atomic E-state index is 6.24. The SMILES string of the molecule is C/C=C\C=C/Cc1ccccc1N(c1ccc2c(c1)c1ccccc1n2-c1ccccc1)c1ccc(-c2ccc3c(ccc4oc5ccccc5c43)c2)cc1-c1ccccc1. The van der Waals surface area contributed by atoms with Crippen molar-refractivity contribution in [3.8, 4) is 27.9 Å². The highest BCUT2D eigenvalue weighted by molar-refractivity contribution is 6.19. The number of aromatic nitrogens is 1. The van der Waals surface area contributed by atoms with Crippen molar-refractivity contribution in [1.82, 2.24) is 4.57 Å². The molecule has 0 aliphatic heterocycles. The minimum absolute atomic E-state index is 0.793. The molecule has 0 radical (unpaired) electrons. The van der Waals surface area contributed by atoms with Gasteiger partial charge in [-0.3, -0.25) is 0 Å². The zero-order valence-corrected chi connectivity index (χ0v) is 33.9. The zero-order chi connectivity index (χ0) is 40.7. The zero-order valence-electron chi connectivity index (χ0n) is 33.9. The number of hydrogen-bond donors (Lipinski definition) is 0. The van der Waals surface area contributed by atoms with E-state index in [2.05, 4.69) is 229 Å². The van der Waals surface area contributed by atoms with Gasteiger partial charge in [0.2, 0.25) is 0 Å². The van der Waals surface area contributed by atoms with E-state index in [9.17, 15) is 0 Å². The summed E-state index contributed by atoms with van der Waals surface area (Å²) < 4.78 is 8.62. The Balaban J connectivity index is 1.12. The van der Waals surface area contributed by atoms with Crippen molar-refractivity contribution in [2.45, 2.75) is 13.3 Å². The van der Waals surface area contributed by atoms with Crippen LogP contribution in [-0.4, -0.2) is 4.57 Å². The molecule has 0 bridgehead atoms. The van der Waals surface area contributed by atoms with Crippen LogP contribution in [0.4, 0.5) is 17.1 Å². The standard InChI is InChI=1S/C58H42N2O/c1-2-3-4-7-20-41-21-12-15-26-52(41)60(46-32-35-55-51(39-46)48-24-13-16-27-53(48)59(55)45-22-10-6-11-23-45)54-34-30-43(38-50(54)40-18-8-5-9-19-40)42-29-33-47-44(37-42)31-36-57-58(47)49-25-14-17-28-56(49)61-57/h2-19,21-39H,20H2,1H3/b3-2-,7-4-. The Bertz CT molecular complexity index is 3460. The third-order valence-electron chi connectivity index (χ3n) is 12.0. The lowest BCUT2D eigenvalue weighted by molar-refractivity contribution is 0.669. The molecule has 9 aromatic carbocycles. The summed E-state index contributed by atoms with van der Waals surface area (Å²) in [5.41, 5.74) is 14.6. The molecule has 0 N–H and O–H groups in total. The molecule has 61 heavy (non-hydrogen) atoms. The first-order valence-corrected chi connectivity index (χ1v) is 21.0. The van der Waals surface area contributed by atoms with E-state index in [-0.39, 0.29) is 0 Å². The molecule has 11 aromatic rings. The number of nitrogens with zero attached hydrogens (tertiary/aromatic N) is 2. The van der Waals surface area contributed by atoms with E-state index in [1.165, 1.54) is 49.1 Å². The molecule has 2 heterocycles. The van der Waals surface area contributed by atoms with Crippen LogP contribution in [-0.2, 0) is 6.42 Å². The monoisotopic (exact) mass is 782 g/mol. The predicted octanol–water partition coefficient (Wildman–Crippen LogP) is 16.3. The van der Waals surface area contributed by atoms with E-state index in [1.54, 1.807) is 0 Å². The Labute approximate surface area is 355 Å². The van der Waals surface area contributed by atoms with Crippen LogP contribution in [0.5, 0.6) is 0 Å². The van der Waals surface area contributed by atoms with Gasteiger partial charge in [0.1, 0.15) is 11.2 Å². The molecule has 0 saturated heterocycles. The second-order valence-corrected chi connectivity index (χ2v) is 15.6. The number of benzene rings is 9. The van der Waals surface area contributed by atoms with Crippen molar-refractivity contribution in [2.75, 3.05) is 4.90 Å². The number of rotatable bonds is 9. The van der Waals surface area contributed by atoms with E-state index in [1.807, 2.05) is 12.1 Å². The first kappa shape index (κ1) is 36.2. The van der Waals surface area contributed by atoms with Gasteiger partial charge in [-0.25, -0.2) is 0 Å². The van der Waals surface area contributed by atoms with Gasteiger partial charge in [-0.05, 0) is 119 Å². The Morgan fingerprint density at radius 1 is 0.492 bits per heavy atom. The quantitative estimate of drug-likeness (QED) is 0.136. The maximum absolute atomic E-state index is 6.24. The lowest BCUT2D eigenvalue weighted by Crippen LogP contribution is -2.13. The van der Waals surface area contributed by atoms with Crippen molar-refractivity contribution < 1.29 is 4.42 Å². The largest absolute Gasteiger partial charge is 0.456 e. The second-order valence-electron chi connectivity index (χ2n) is 15.6. The molecule has 0 unspecified atom stereocenters. The smallest absolute Gasteiger partial charge is 0.136 e. The van der Waals surface area contributed by atoms with E-state index in [0.29, 0.717) is 0 Å². The Morgan fingerprint density at radius 2 is 1.21 bits per heavy atom. The minimum atomic E-state index is 0.793. The van der Waals surface area contributed by atoms with Crippen LogP contribution in [0.3, 0.4) is 0 Å². The molecule has 290 valence electrons. The highest BCUT2D eigenvalue weighted by atomic mass is 16.3. The van der Waals surface area contributed by atoms with Gasteiger partial charge in [0.25, 0.3) is 0 Å². The topological polar surface area (TPSA) is 21.3 Å². The van der Waals surface area contributed by atoms with Gasteiger partial charge in [0, 0.05) is 44.2 Å². The van der Waals surface area contributed by atoms with Crippen LogP contribution in [0.2, 0.25) is 0 Å². The molecular formula is C58H42N2O. The fraction of sp³-hybridized carbons (Fsp3) is 0.0345. The lowest BCUT2D eigenvalue weighted by atomic mass is 9.94. The van der Waals surface area contributed by atoms with Crippen LogP contribution in [0.15, 0.2) is 229 Å². The summed E-state index contributed by atoms with van der Waals surface area (Å²) in [4.78, 5) is 2.47. The number of furan rings is 1. The molecule has 2 aromatic heterocycles. The van der Waals surface area contributed by atoms with E-state index >= 15 is 0 Å². The van der Waals surface area contributed by atoms with Crippen LogP contribution in [0.1, 0.15) is 12.5 Å². The molecule has 0 spiro atoms. The average Bonchev–Trinajstić information content (AvgIpc) is 3.87. The number of para-hydroxylation sites is 4. The Kier molecular flexibility index (Phi) is 9.13. The third-order valence-corrected chi connectivity index (χ3v) is 12.0. The van der Waals surface area contributed by atoms with Gasteiger partial charge in [-0.15, -0.1) is 0 Å². The maximum Gasteiger partial charge on any atom is 0.136 e. The molecule has 0 aliphatic carbocycles. The van der Waals surface area contributed by atoms with Gasteiger partial charge in [0.05, 0.1) is 16.7 Å². The molecule has 0 amide bonds. The second kappa shape index (κ2) is 15.4. The van der Waals surface area contributed by atoms with Crippen molar-refractivity contribution in [3.05, 3.63) is 230 Å². The number of fused-ring (bicyclic) bond motifs is 8. The summed E-state index contributed by atoms with van der Waals surface area (Å²) in [5.74, 6) is 0. The van der Waals surface area contributed by atoms with Crippen LogP contribution in [0, 0.1) is 0 Å². The fourth-order valence-corrected chi connectivity index (χ4v) is 9.14. The van der Waals surface area contributed by atoms with Gasteiger partial charge >= 0.3 is 0 Å². The van der Waals surface area contributed by atoms with Gasteiger partial charge < -0.3 is 13.9 Å². The van der Waals surface area contributed by atoms with Crippen molar-refractivity contribution in [1.29, 1.82) is 0 Å². The van der Waals surface area contributed by atoms with Crippen molar-refractivity contribution >= 4 is 71.6 Å². The summed E-state index contributed by atoms with van der Waals surface area (Å²) in [7, 11) is 0. The highest BCUT2D eigenvalue weighted by Crippen LogP contribution is 2.46. The molecule has 3 nitrogen and oxygen atoms in total. The molecule has 0 fully saturated rings. The lowest BCUT2D eigenvalue weighted by Gasteiger charge is -2.30. The summed E-state index contributed by atoms with van der Waals surface area (Å²) >= 11 is 0. The predicted molar refractivity (Wildman–Crippen MR) is 259 cm³/mol. The Morgan fingerprint density at radius 3 is 2.08 bits per heavy atom. The van der Waals surface area contributed by atoms with Gasteiger partial charge in [-0.2, -0.15) is 0 Å². The summed E-state index contributed by atoms with van der Waals surface area (Å²) in [6.45, 7) is 2.05. The fourth-order valence-electron chi connectivity index (χ4n) is 9.14. The van der Waals surface area contributed by atoms with Gasteiger partial charge in [0.15, 0.2) is 0 Å². The van der Waals surface area contributed by atoms with E-state index in [0.717, 1.165) is 62.4 Å². The third kappa shape index (κ3) is 6.39. The Hall–Kier alpha value is -7.88. The van der Waals surface area contributed by atoms with Crippen LogP contribution in [0.25, 0.3) is 82.5 Å². The highest BCUT2D eigenvalue weighted by Gasteiger charge is 2.22. The van der Waals surface area contributed by atoms with Crippen molar-refractivity contribution in [2.24, 2.45) is 0 Å². The van der Waals surface area contributed by atoms with Crippen molar-refractivity contribution in [3.63, 3.8) is 0 Å². The van der Waals surface area contributed by atoms with E-state index < -0.39 is 0 Å². The number of anilines is 3. The van der Waals surface area contributed by atoms with Crippen LogP contribution < -0.4 is 4.90 Å². The molecule has 0 atom stereocenters. The average molecular weight is 783 g/mol. The molecule has 11 rings (SSSR count). The summed E-state index contributed by atoms with van der Waals surface area (Å²) in [5, 5.41) is 7.13. The molecular weight excluding hydrogens is 741 g/mol. The number of allylic oxidation sites excluding steroid dienone is 4. The molecule has 0 saturated carbocycles. The molecule has 3 heteroatoms. The summed E-state index contributed by atoms with van der Waals surface area (Å²) in [6.07, 6.45) is 9.34. The van der Waals surface area contributed by atoms with E-state index in [4.69, 9.17) is 4.42 Å².